The van der Waals surface area contributed by atoms with Crippen LogP contribution in [0.3, 0.4) is 0 Å². The number of esters is 1. The molecule has 0 aliphatic heterocycles. The highest BCUT2D eigenvalue weighted by Crippen LogP contribution is 2.38. The summed E-state index contributed by atoms with van der Waals surface area (Å²) < 4.78 is 30.4. The Kier molecular flexibility index (Phi) is 60.5. The second kappa shape index (κ2) is 62.0. The zero-order chi connectivity index (χ0) is 60.0. The molecule has 0 aromatic carbocycles. The van der Waals surface area contributed by atoms with E-state index in [9.17, 15) is 19.0 Å². The first kappa shape index (κ1) is 80.0. The average Bonchev–Trinajstić information content (AvgIpc) is 3.44. The number of ether oxygens (including phenoxy) is 1. The Hall–Kier alpha value is -2.03. The van der Waals surface area contributed by atoms with E-state index < -0.39 is 20.0 Å². The Morgan fingerprint density at radius 2 is 0.744 bits per heavy atom. The first-order valence-electron chi connectivity index (χ1n) is 35.4. The quantitative estimate of drug-likeness (QED) is 0.0212. The number of hydrogen-bond acceptors (Lipinski definition) is 7. The van der Waals surface area contributed by atoms with Crippen LogP contribution in [0.5, 0.6) is 0 Å². The van der Waals surface area contributed by atoms with Gasteiger partial charge in [-0.1, -0.05) is 294 Å². The molecule has 0 radical (unpaired) electrons. The van der Waals surface area contributed by atoms with Crippen LogP contribution < -0.4 is 10.2 Å². The van der Waals surface area contributed by atoms with Crippen LogP contribution >= 0.6 is 7.82 Å². The molecule has 0 heterocycles. The fraction of sp³-hybridized carbons (Fsp3) is 0.861. The zero-order valence-electron chi connectivity index (χ0n) is 55.2. The highest BCUT2D eigenvalue weighted by molar-refractivity contribution is 7.45. The summed E-state index contributed by atoms with van der Waals surface area (Å²) in [5, 5.41) is 3.05. The van der Waals surface area contributed by atoms with E-state index in [0.29, 0.717) is 17.4 Å². The van der Waals surface area contributed by atoms with Crippen molar-refractivity contribution in [3.05, 3.63) is 48.6 Å². The number of carbonyl (C=O) groups is 2. The van der Waals surface area contributed by atoms with Gasteiger partial charge in [0, 0.05) is 12.8 Å². The van der Waals surface area contributed by atoms with Crippen LogP contribution in [-0.2, 0) is 27.9 Å². The van der Waals surface area contributed by atoms with Crippen molar-refractivity contribution in [1.29, 1.82) is 0 Å². The van der Waals surface area contributed by atoms with Crippen LogP contribution in [-0.4, -0.2) is 69.4 Å². The first-order chi connectivity index (χ1) is 39.9. The maximum absolute atomic E-state index is 13.6. The number of amides is 1. The number of quaternary nitrogens is 1. The van der Waals surface area contributed by atoms with Gasteiger partial charge in [0.15, 0.2) is 0 Å². The van der Waals surface area contributed by atoms with Gasteiger partial charge in [0.1, 0.15) is 19.3 Å². The van der Waals surface area contributed by atoms with Gasteiger partial charge in [-0.25, -0.2) is 0 Å². The smallest absolute Gasteiger partial charge is 0.306 e. The molecule has 3 unspecified atom stereocenters. The van der Waals surface area contributed by atoms with E-state index in [4.69, 9.17) is 13.8 Å². The number of phosphoric acid groups is 1. The molecule has 0 aromatic rings. The monoisotopic (exact) mass is 1170 g/mol. The van der Waals surface area contributed by atoms with Crippen LogP contribution in [0.4, 0.5) is 0 Å². The van der Waals surface area contributed by atoms with Crippen molar-refractivity contribution in [2.75, 3.05) is 40.9 Å². The van der Waals surface area contributed by atoms with Crippen LogP contribution in [0.2, 0.25) is 0 Å². The number of unbranched alkanes of at least 4 members (excludes halogenated alkanes) is 43. The summed E-state index contributed by atoms with van der Waals surface area (Å²) in [6.45, 7) is 6.86. The molecule has 82 heavy (non-hydrogen) atoms. The number of carbonyl (C=O) groups excluding carboxylic acids is 2. The Morgan fingerprint density at radius 1 is 0.427 bits per heavy atom. The zero-order valence-corrected chi connectivity index (χ0v) is 56.1. The van der Waals surface area contributed by atoms with E-state index in [1.165, 1.54) is 250 Å². The van der Waals surface area contributed by atoms with Gasteiger partial charge in [-0.2, -0.15) is 0 Å². The third kappa shape index (κ3) is 62.5. The molecule has 0 aromatic heterocycles. The lowest BCUT2D eigenvalue weighted by atomic mass is 10.0. The number of likely N-dealkylation sites (N-methyl/N-ethyl adjacent to an activating group) is 1. The summed E-state index contributed by atoms with van der Waals surface area (Å²) in [5.41, 5.74) is 0. The number of rotatable bonds is 65. The molecule has 0 saturated heterocycles. The normalized spacial score (nSPS) is 13.8. The average molecular weight is 1170 g/mol. The fourth-order valence-corrected chi connectivity index (χ4v) is 11.2. The number of allylic oxidation sites excluding steroid dienone is 7. The second-order valence-corrected chi connectivity index (χ2v) is 26.8. The SMILES string of the molecule is CCCCC/C=C\C/C=C\CCCCCCCCCCCCCC(=O)NC(COP(=O)([O-])OCC[N+](C)(C)C)C(/C=C/CCCCCCCCCCCC)OC(=O)CCCCCCCCCCCCCCC/C=C/CCCCCCCC. The summed E-state index contributed by atoms with van der Waals surface area (Å²) in [6.07, 6.45) is 78.0. The summed E-state index contributed by atoms with van der Waals surface area (Å²) in [5.74, 6) is -0.528. The standard InChI is InChI=1S/C72H137N2O7P/c1-7-10-13-16-19-22-25-28-30-32-34-36-37-39-41-43-45-47-50-53-56-59-62-65-72(76)81-70(63-60-57-54-51-48-27-24-21-18-15-12-9-3)69(68-80-82(77,78)79-67-66-74(4,5)6)73-71(75)64-61-58-55-52-49-46-44-42-40-38-35-33-31-29-26-23-20-17-14-11-8-2/h20,23,28-31,60,63,69-70H,7-19,21-22,24-27,32-59,61-62,64-68H2,1-6H3,(H-,73,75,77,78)/b23-20-,30-28+,31-29-,63-60+. The van der Waals surface area contributed by atoms with Gasteiger partial charge in [-0.3, -0.25) is 14.2 Å². The van der Waals surface area contributed by atoms with Crippen LogP contribution in [0.25, 0.3) is 0 Å². The molecular formula is C72H137N2O7P. The van der Waals surface area contributed by atoms with E-state index in [0.717, 1.165) is 64.2 Å². The van der Waals surface area contributed by atoms with Crippen molar-refractivity contribution in [2.24, 2.45) is 0 Å². The minimum atomic E-state index is -4.70. The van der Waals surface area contributed by atoms with Gasteiger partial charge < -0.3 is 28.5 Å². The molecule has 482 valence electrons. The van der Waals surface area contributed by atoms with Crippen molar-refractivity contribution >= 4 is 19.7 Å². The van der Waals surface area contributed by atoms with Gasteiger partial charge in [-0.15, -0.1) is 0 Å². The minimum Gasteiger partial charge on any atom is -0.756 e. The predicted molar refractivity (Wildman–Crippen MR) is 353 cm³/mol. The molecule has 3 atom stereocenters. The fourth-order valence-electron chi connectivity index (χ4n) is 10.5. The molecule has 0 spiro atoms. The molecule has 0 aliphatic carbocycles. The van der Waals surface area contributed by atoms with Crippen molar-refractivity contribution in [3.63, 3.8) is 0 Å². The molecule has 0 bridgehead atoms. The third-order valence-electron chi connectivity index (χ3n) is 16.0. The maximum Gasteiger partial charge on any atom is 0.306 e. The van der Waals surface area contributed by atoms with Gasteiger partial charge in [0.25, 0.3) is 7.82 Å². The lowest BCUT2D eigenvalue weighted by molar-refractivity contribution is -0.870. The van der Waals surface area contributed by atoms with E-state index in [2.05, 4.69) is 62.5 Å². The summed E-state index contributed by atoms with van der Waals surface area (Å²) >= 11 is 0. The number of nitrogens with zero attached hydrogens (tertiary/aromatic N) is 1. The molecule has 10 heteroatoms. The van der Waals surface area contributed by atoms with E-state index in [1.54, 1.807) is 0 Å². The summed E-state index contributed by atoms with van der Waals surface area (Å²) in [4.78, 5) is 40.2. The Bertz CT molecular complexity index is 1540. The predicted octanol–water partition coefficient (Wildman–Crippen LogP) is 21.8. The van der Waals surface area contributed by atoms with E-state index in [-0.39, 0.29) is 31.5 Å². The highest BCUT2D eigenvalue weighted by atomic mass is 31.2. The van der Waals surface area contributed by atoms with E-state index in [1.807, 2.05) is 33.3 Å². The van der Waals surface area contributed by atoms with Crippen molar-refractivity contribution < 1.29 is 37.3 Å². The van der Waals surface area contributed by atoms with Gasteiger partial charge in [0.05, 0.1) is 33.8 Å². The largest absolute Gasteiger partial charge is 0.756 e. The lowest BCUT2D eigenvalue weighted by Gasteiger charge is -2.30. The molecule has 9 nitrogen and oxygen atoms in total. The Morgan fingerprint density at radius 3 is 1.13 bits per heavy atom. The highest BCUT2D eigenvalue weighted by Gasteiger charge is 2.27. The molecular weight excluding hydrogens is 1040 g/mol. The second-order valence-electron chi connectivity index (χ2n) is 25.4. The van der Waals surface area contributed by atoms with Gasteiger partial charge >= 0.3 is 5.97 Å². The van der Waals surface area contributed by atoms with Crippen LogP contribution in [0.15, 0.2) is 48.6 Å². The molecule has 1 amide bonds. The minimum absolute atomic E-state index is 0.0214. The number of phosphoric ester groups is 1. The molecule has 0 rings (SSSR count). The Labute approximate surface area is 509 Å². The topological polar surface area (TPSA) is 114 Å². The third-order valence-corrected chi connectivity index (χ3v) is 16.9. The molecule has 0 fully saturated rings. The van der Waals surface area contributed by atoms with Gasteiger partial charge in [0.2, 0.25) is 5.91 Å². The van der Waals surface area contributed by atoms with E-state index >= 15 is 0 Å². The number of hydrogen-bond donors (Lipinski definition) is 1. The summed E-state index contributed by atoms with van der Waals surface area (Å²) in [7, 11) is 1.20. The van der Waals surface area contributed by atoms with Gasteiger partial charge in [-0.05, 0) is 89.5 Å². The number of nitrogens with one attached hydrogen (secondary N) is 1. The summed E-state index contributed by atoms with van der Waals surface area (Å²) in [6, 6.07) is -0.889. The first-order valence-corrected chi connectivity index (χ1v) is 36.9. The molecule has 0 saturated carbocycles. The van der Waals surface area contributed by atoms with Crippen molar-refractivity contribution in [2.45, 2.75) is 360 Å². The maximum atomic E-state index is 13.6. The molecule has 1 N–H and O–H groups in total. The Balaban J connectivity index is 5.06. The lowest BCUT2D eigenvalue weighted by Crippen LogP contribution is -2.47. The van der Waals surface area contributed by atoms with Crippen molar-refractivity contribution in [3.8, 4) is 0 Å². The van der Waals surface area contributed by atoms with Crippen LogP contribution in [0.1, 0.15) is 348 Å². The van der Waals surface area contributed by atoms with Crippen LogP contribution in [0, 0.1) is 0 Å². The van der Waals surface area contributed by atoms with Crippen molar-refractivity contribution in [1.82, 2.24) is 5.32 Å². The molecule has 0 aliphatic rings.